The number of benzene rings is 3. The van der Waals surface area contributed by atoms with Gasteiger partial charge in [-0.3, -0.25) is 4.79 Å². The zero-order valence-electron chi connectivity index (χ0n) is 21.0. The quantitative estimate of drug-likeness (QED) is 0.350. The van der Waals surface area contributed by atoms with Crippen LogP contribution in [0.25, 0.3) is 0 Å². The Kier molecular flexibility index (Phi) is 10.2. The van der Waals surface area contributed by atoms with Crippen molar-refractivity contribution in [1.29, 1.82) is 0 Å². The first-order valence-corrected chi connectivity index (χ1v) is 12.5. The number of carboxylic acid groups (broad SMARTS) is 1. The summed E-state index contributed by atoms with van der Waals surface area (Å²) in [6.45, 7) is 1.00. The normalized spacial score (nSPS) is 23.5. The Hall–Kier alpha value is -3.07. The summed E-state index contributed by atoms with van der Waals surface area (Å²) in [5, 5.41) is 9.36. The SMILES string of the molecule is CO[C@H]1O[C@H](CCC(=O)O)[C@@H](OCc2ccccc2)[C@H](OCc2ccccc2)[C@H]1OCc1ccccc1. The van der Waals surface area contributed by atoms with Crippen molar-refractivity contribution in [3.8, 4) is 0 Å². The number of rotatable bonds is 13. The summed E-state index contributed by atoms with van der Waals surface area (Å²) in [6.07, 6.45) is -2.85. The van der Waals surface area contributed by atoms with E-state index in [2.05, 4.69) is 0 Å². The van der Waals surface area contributed by atoms with Crippen molar-refractivity contribution in [2.24, 2.45) is 0 Å². The van der Waals surface area contributed by atoms with Crippen molar-refractivity contribution in [3.05, 3.63) is 108 Å². The van der Waals surface area contributed by atoms with Crippen molar-refractivity contribution in [2.75, 3.05) is 7.11 Å². The zero-order chi connectivity index (χ0) is 25.9. The molecule has 3 aromatic carbocycles. The maximum atomic E-state index is 11.4. The lowest BCUT2D eigenvalue weighted by molar-refractivity contribution is -0.318. The summed E-state index contributed by atoms with van der Waals surface area (Å²) >= 11 is 0. The number of ether oxygens (including phenoxy) is 5. The highest BCUT2D eigenvalue weighted by Crippen LogP contribution is 2.32. The van der Waals surface area contributed by atoms with Gasteiger partial charge in [0.1, 0.15) is 18.3 Å². The average Bonchev–Trinajstić information content (AvgIpc) is 2.94. The Morgan fingerprint density at radius 1 is 0.703 bits per heavy atom. The van der Waals surface area contributed by atoms with E-state index < -0.39 is 36.7 Å². The number of carbonyl (C=O) groups is 1. The Morgan fingerprint density at radius 3 is 1.57 bits per heavy atom. The Morgan fingerprint density at radius 2 is 1.14 bits per heavy atom. The van der Waals surface area contributed by atoms with Gasteiger partial charge in [0.25, 0.3) is 0 Å². The first kappa shape index (κ1) is 27.0. The van der Waals surface area contributed by atoms with E-state index in [0.717, 1.165) is 16.7 Å². The molecule has 3 aromatic rings. The van der Waals surface area contributed by atoms with E-state index in [4.69, 9.17) is 23.7 Å². The molecule has 7 heteroatoms. The molecule has 0 radical (unpaired) electrons. The van der Waals surface area contributed by atoms with Crippen LogP contribution in [0, 0.1) is 0 Å². The fourth-order valence-corrected chi connectivity index (χ4v) is 4.43. The van der Waals surface area contributed by atoms with Crippen molar-refractivity contribution < 1.29 is 33.6 Å². The molecular weight excluding hydrogens is 472 g/mol. The van der Waals surface area contributed by atoms with Crippen LogP contribution in [0.5, 0.6) is 0 Å². The molecule has 0 bridgehead atoms. The number of aliphatic carboxylic acids is 1. The van der Waals surface area contributed by atoms with Crippen molar-refractivity contribution in [3.63, 3.8) is 0 Å². The number of carboxylic acids is 1. The molecule has 0 aliphatic carbocycles. The van der Waals surface area contributed by atoms with E-state index in [0.29, 0.717) is 19.8 Å². The number of hydrogen-bond donors (Lipinski definition) is 1. The first-order valence-electron chi connectivity index (χ1n) is 12.5. The lowest BCUT2D eigenvalue weighted by Crippen LogP contribution is -2.60. The maximum Gasteiger partial charge on any atom is 0.303 e. The third-order valence-electron chi connectivity index (χ3n) is 6.32. The van der Waals surface area contributed by atoms with Gasteiger partial charge in [-0.2, -0.15) is 0 Å². The summed E-state index contributed by atoms with van der Waals surface area (Å²) < 4.78 is 31.2. The molecule has 0 aromatic heterocycles. The predicted octanol–water partition coefficient (Wildman–Crippen LogP) is 4.98. The van der Waals surface area contributed by atoms with Gasteiger partial charge in [-0.05, 0) is 23.1 Å². The van der Waals surface area contributed by atoms with E-state index in [9.17, 15) is 9.90 Å². The molecule has 5 atom stereocenters. The minimum absolute atomic E-state index is 0.0623. The van der Waals surface area contributed by atoms with Crippen LogP contribution in [0.4, 0.5) is 0 Å². The van der Waals surface area contributed by atoms with Crippen molar-refractivity contribution in [2.45, 2.75) is 63.4 Å². The van der Waals surface area contributed by atoms with Gasteiger partial charge in [-0.25, -0.2) is 0 Å². The van der Waals surface area contributed by atoms with Crippen LogP contribution in [0.15, 0.2) is 91.0 Å². The predicted molar refractivity (Wildman–Crippen MR) is 138 cm³/mol. The maximum absolute atomic E-state index is 11.4. The Labute approximate surface area is 217 Å². The molecular formula is C30H34O7. The molecule has 1 saturated heterocycles. The molecule has 1 fully saturated rings. The van der Waals surface area contributed by atoms with Gasteiger partial charge >= 0.3 is 5.97 Å². The van der Waals surface area contributed by atoms with Gasteiger partial charge < -0.3 is 28.8 Å². The van der Waals surface area contributed by atoms with Crippen molar-refractivity contribution >= 4 is 5.97 Å². The minimum atomic E-state index is -0.899. The molecule has 0 spiro atoms. The smallest absolute Gasteiger partial charge is 0.303 e. The highest BCUT2D eigenvalue weighted by atomic mass is 16.7. The summed E-state index contributed by atoms with van der Waals surface area (Å²) in [7, 11) is 1.55. The summed E-state index contributed by atoms with van der Waals surface area (Å²) in [6, 6.07) is 29.5. The molecule has 1 heterocycles. The minimum Gasteiger partial charge on any atom is -0.481 e. The second-order valence-electron chi connectivity index (χ2n) is 8.99. The van der Waals surface area contributed by atoms with Crippen LogP contribution < -0.4 is 0 Å². The Balaban J connectivity index is 1.60. The van der Waals surface area contributed by atoms with Crippen molar-refractivity contribution in [1.82, 2.24) is 0 Å². The van der Waals surface area contributed by atoms with E-state index in [1.54, 1.807) is 7.11 Å². The molecule has 37 heavy (non-hydrogen) atoms. The second kappa shape index (κ2) is 14.0. The van der Waals surface area contributed by atoms with Crippen LogP contribution in [-0.4, -0.2) is 48.9 Å². The first-order chi connectivity index (χ1) is 18.1. The topological polar surface area (TPSA) is 83.5 Å². The lowest BCUT2D eigenvalue weighted by atomic mass is 9.94. The summed E-state index contributed by atoms with van der Waals surface area (Å²) in [4.78, 5) is 11.4. The molecule has 7 nitrogen and oxygen atoms in total. The number of methoxy groups -OCH3 is 1. The summed E-state index contributed by atoms with van der Waals surface area (Å²) in [5.41, 5.74) is 3.01. The van der Waals surface area contributed by atoms with Gasteiger partial charge in [0.05, 0.1) is 25.9 Å². The lowest BCUT2D eigenvalue weighted by Gasteiger charge is -2.45. The van der Waals surface area contributed by atoms with Gasteiger partial charge in [0.15, 0.2) is 6.29 Å². The van der Waals surface area contributed by atoms with E-state index in [1.807, 2.05) is 91.0 Å². The zero-order valence-corrected chi connectivity index (χ0v) is 21.0. The fraction of sp³-hybridized carbons (Fsp3) is 0.367. The molecule has 1 N–H and O–H groups in total. The summed E-state index contributed by atoms with van der Waals surface area (Å²) in [5.74, 6) is -0.899. The molecule has 0 saturated carbocycles. The van der Waals surface area contributed by atoms with E-state index >= 15 is 0 Å². The van der Waals surface area contributed by atoms with Crippen LogP contribution in [0.1, 0.15) is 29.5 Å². The monoisotopic (exact) mass is 506 g/mol. The highest BCUT2D eigenvalue weighted by molar-refractivity contribution is 5.66. The van der Waals surface area contributed by atoms with Crippen LogP contribution in [0.2, 0.25) is 0 Å². The number of hydrogen-bond acceptors (Lipinski definition) is 6. The van der Waals surface area contributed by atoms with E-state index in [-0.39, 0.29) is 12.8 Å². The van der Waals surface area contributed by atoms with E-state index in [1.165, 1.54) is 0 Å². The Bertz CT molecular complexity index is 1060. The molecule has 196 valence electrons. The average molecular weight is 507 g/mol. The van der Waals surface area contributed by atoms with Crippen LogP contribution in [0.3, 0.4) is 0 Å². The fourth-order valence-electron chi connectivity index (χ4n) is 4.43. The van der Waals surface area contributed by atoms with Crippen LogP contribution >= 0.6 is 0 Å². The third-order valence-corrected chi connectivity index (χ3v) is 6.32. The molecule has 0 amide bonds. The second-order valence-corrected chi connectivity index (χ2v) is 8.99. The van der Waals surface area contributed by atoms with Crippen LogP contribution in [-0.2, 0) is 48.3 Å². The van der Waals surface area contributed by atoms with Gasteiger partial charge in [0, 0.05) is 13.5 Å². The van der Waals surface area contributed by atoms with Gasteiger partial charge in [-0.15, -0.1) is 0 Å². The molecule has 1 aliphatic rings. The molecule has 0 unspecified atom stereocenters. The van der Waals surface area contributed by atoms with Gasteiger partial charge in [0.2, 0.25) is 0 Å². The molecule has 1 aliphatic heterocycles. The molecule has 4 rings (SSSR count). The van der Waals surface area contributed by atoms with Gasteiger partial charge in [-0.1, -0.05) is 91.0 Å². The highest BCUT2D eigenvalue weighted by Gasteiger charge is 2.48. The standard InChI is InChI=1S/C30H34O7/c1-33-30-29(36-21-24-15-9-4-10-16-24)28(35-20-23-13-7-3-8-14-23)27(25(37-30)17-18-26(31)32)34-19-22-11-5-2-6-12-22/h2-16,25,27-30H,17-21H2,1H3,(H,31,32)/t25-,27-,28+,29-,30+/m1/s1. The largest absolute Gasteiger partial charge is 0.481 e. The third kappa shape index (κ3) is 7.95.